The second-order valence-electron chi connectivity index (χ2n) is 3.52. The summed E-state index contributed by atoms with van der Waals surface area (Å²) in [7, 11) is 0. The number of carbonyl (C=O) groups is 1. The highest BCUT2D eigenvalue weighted by Crippen LogP contribution is 2.27. The van der Waals surface area contributed by atoms with Crippen molar-refractivity contribution in [2.24, 2.45) is 5.92 Å². The predicted octanol–water partition coefficient (Wildman–Crippen LogP) is 0.583. The number of aliphatic hydroxyl groups is 1. The average molecular weight is 203 g/mol. The molecule has 0 aromatic carbocycles. The summed E-state index contributed by atoms with van der Waals surface area (Å²) in [5.74, 6) is 0.240. The van der Waals surface area contributed by atoms with Gasteiger partial charge in [0.25, 0.3) is 0 Å². The van der Waals surface area contributed by atoms with Crippen molar-refractivity contribution >= 4 is 18.5 Å². The van der Waals surface area contributed by atoms with E-state index in [0.29, 0.717) is 11.8 Å². The first kappa shape index (κ1) is 10.9. The van der Waals surface area contributed by atoms with E-state index in [1.807, 2.05) is 0 Å². The highest BCUT2D eigenvalue weighted by Gasteiger charge is 2.23. The van der Waals surface area contributed by atoms with Gasteiger partial charge in [-0.15, -0.1) is 0 Å². The third-order valence-electron chi connectivity index (χ3n) is 2.48. The molecule has 0 aromatic rings. The molecule has 13 heavy (non-hydrogen) atoms. The summed E-state index contributed by atoms with van der Waals surface area (Å²) < 4.78 is 0. The lowest BCUT2D eigenvalue weighted by Gasteiger charge is -2.24. The van der Waals surface area contributed by atoms with Crippen LogP contribution in [0.5, 0.6) is 0 Å². The van der Waals surface area contributed by atoms with Gasteiger partial charge < -0.3 is 10.4 Å². The molecule has 0 aliphatic heterocycles. The lowest BCUT2D eigenvalue weighted by atomic mass is 9.88. The number of nitrogens with one attached hydrogen (secondary N) is 1. The number of thiol groups is 1. The number of amides is 1. The van der Waals surface area contributed by atoms with Crippen molar-refractivity contribution in [3.63, 3.8) is 0 Å². The van der Waals surface area contributed by atoms with Crippen LogP contribution in [0.25, 0.3) is 0 Å². The van der Waals surface area contributed by atoms with Crippen LogP contribution in [0.3, 0.4) is 0 Å². The Kier molecular flexibility index (Phi) is 4.59. The van der Waals surface area contributed by atoms with Gasteiger partial charge in [-0.05, 0) is 25.7 Å². The fraction of sp³-hybridized carbons (Fsp3) is 0.889. The molecule has 0 bridgehead atoms. The standard InChI is InChI=1S/C9H17NO2S/c11-6-5-10-9(12)7-1-3-8(13)4-2-7/h7-8,11,13H,1-6H2,(H,10,12). The number of carbonyl (C=O) groups excluding carboxylic acids is 1. The van der Waals surface area contributed by atoms with E-state index >= 15 is 0 Å². The van der Waals surface area contributed by atoms with Crippen molar-refractivity contribution < 1.29 is 9.90 Å². The lowest BCUT2D eigenvalue weighted by Crippen LogP contribution is -2.34. The van der Waals surface area contributed by atoms with E-state index in [9.17, 15) is 4.79 Å². The SMILES string of the molecule is O=C(NCCO)C1CCC(S)CC1. The minimum atomic E-state index is 0.0215. The molecule has 2 N–H and O–H groups in total. The summed E-state index contributed by atoms with van der Waals surface area (Å²) in [6.07, 6.45) is 3.93. The summed E-state index contributed by atoms with van der Waals surface area (Å²) >= 11 is 4.37. The topological polar surface area (TPSA) is 49.3 Å². The molecule has 1 rings (SSSR count). The van der Waals surface area contributed by atoms with Gasteiger partial charge >= 0.3 is 0 Å². The molecule has 1 saturated carbocycles. The first-order valence-corrected chi connectivity index (χ1v) is 5.32. The molecule has 0 heterocycles. The van der Waals surface area contributed by atoms with Crippen LogP contribution in [-0.4, -0.2) is 29.4 Å². The zero-order chi connectivity index (χ0) is 9.68. The van der Waals surface area contributed by atoms with Crippen molar-refractivity contribution in [2.45, 2.75) is 30.9 Å². The Hall–Kier alpha value is -0.220. The largest absolute Gasteiger partial charge is 0.395 e. The fourth-order valence-corrected chi connectivity index (χ4v) is 1.96. The third kappa shape index (κ3) is 3.56. The summed E-state index contributed by atoms with van der Waals surface area (Å²) in [4.78, 5) is 11.4. The maximum absolute atomic E-state index is 11.4. The highest BCUT2D eigenvalue weighted by molar-refractivity contribution is 7.80. The van der Waals surface area contributed by atoms with Gasteiger partial charge in [0.1, 0.15) is 0 Å². The molecule has 0 atom stereocenters. The van der Waals surface area contributed by atoms with Crippen LogP contribution in [0.15, 0.2) is 0 Å². The molecule has 0 saturated heterocycles. The van der Waals surface area contributed by atoms with Crippen LogP contribution in [0.4, 0.5) is 0 Å². The second-order valence-corrected chi connectivity index (χ2v) is 4.25. The van der Waals surface area contributed by atoms with Crippen molar-refractivity contribution in [3.8, 4) is 0 Å². The lowest BCUT2D eigenvalue weighted by molar-refractivity contribution is -0.126. The number of aliphatic hydroxyl groups excluding tert-OH is 1. The Labute approximate surface area is 84.3 Å². The van der Waals surface area contributed by atoms with Gasteiger partial charge in [0.15, 0.2) is 0 Å². The Morgan fingerprint density at radius 1 is 1.38 bits per heavy atom. The van der Waals surface area contributed by atoms with Crippen LogP contribution in [0, 0.1) is 5.92 Å². The van der Waals surface area contributed by atoms with Crippen molar-refractivity contribution in [1.82, 2.24) is 5.32 Å². The first-order chi connectivity index (χ1) is 6.24. The third-order valence-corrected chi connectivity index (χ3v) is 2.99. The van der Waals surface area contributed by atoms with E-state index in [-0.39, 0.29) is 18.4 Å². The zero-order valence-electron chi connectivity index (χ0n) is 7.70. The van der Waals surface area contributed by atoms with Crippen molar-refractivity contribution in [3.05, 3.63) is 0 Å². The summed E-state index contributed by atoms with van der Waals surface area (Å²) in [5.41, 5.74) is 0. The molecule has 1 fully saturated rings. The van der Waals surface area contributed by atoms with Crippen molar-refractivity contribution in [2.75, 3.05) is 13.2 Å². The monoisotopic (exact) mass is 203 g/mol. The van der Waals surface area contributed by atoms with Gasteiger partial charge in [0, 0.05) is 17.7 Å². The second kappa shape index (κ2) is 5.50. The first-order valence-electron chi connectivity index (χ1n) is 4.80. The van der Waals surface area contributed by atoms with Crippen LogP contribution >= 0.6 is 12.6 Å². The molecule has 0 spiro atoms. The van der Waals surface area contributed by atoms with Crippen LogP contribution in [0.2, 0.25) is 0 Å². The van der Waals surface area contributed by atoms with Gasteiger partial charge in [-0.1, -0.05) is 0 Å². The Balaban J connectivity index is 2.23. The maximum Gasteiger partial charge on any atom is 0.223 e. The van der Waals surface area contributed by atoms with Gasteiger partial charge in [0.05, 0.1) is 6.61 Å². The van der Waals surface area contributed by atoms with Gasteiger partial charge in [-0.3, -0.25) is 4.79 Å². The van der Waals surface area contributed by atoms with Crippen LogP contribution < -0.4 is 5.32 Å². The molecule has 1 aliphatic rings. The summed E-state index contributed by atoms with van der Waals surface area (Å²) in [6, 6.07) is 0. The number of rotatable bonds is 3. The summed E-state index contributed by atoms with van der Waals surface area (Å²) in [6.45, 7) is 0.396. The predicted molar refractivity (Wildman–Crippen MR) is 54.8 cm³/mol. The summed E-state index contributed by atoms with van der Waals surface area (Å²) in [5, 5.41) is 11.7. The minimum absolute atomic E-state index is 0.0215. The van der Waals surface area contributed by atoms with E-state index in [2.05, 4.69) is 17.9 Å². The Morgan fingerprint density at radius 3 is 2.54 bits per heavy atom. The van der Waals surface area contributed by atoms with E-state index in [0.717, 1.165) is 25.7 Å². The Bertz CT molecular complexity index is 167. The van der Waals surface area contributed by atoms with Gasteiger partial charge in [-0.2, -0.15) is 12.6 Å². The molecule has 3 nitrogen and oxygen atoms in total. The quantitative estimate of drug-likeness (QED) is 0.588. The minimum Gasteiger partial charge on any atom is -0.395 e. The van der Waals surface area contributed by atoms with E-state index in [4.69, 9.17) is 5.11 Å². The van der Waals surface area contributed by atoms with Crippen molar-refractivity contribution in [1.29, 1.82) is 0 Å². The molecule has 1 aliphatic carbocycles. The molecule has 0 aromatic heterocycles. The number of hydrogen-bond donors (Lipinski definition) is 3. The highest BCUT2D eigenvalue weighted by atomic mass is 32.1. The molecule has 76 valence electrons. The maximum atomic E-state index is 11.4. The molecular weight excluding hydrogens is 186 g/mol. The Morgan fingerprint density at radius 2 is 2.00 bits per heavy atom. The van der Waals surface area contributed by atoms with Crippen LogP contribution in [-0.2, 0) is 4.79 Å². The fourth-order valence-electron chi connectivity index (χ4n) is 1.66. The molecular formula is C9H17NO2S. The molecule has 1 amide bonds. The van der Waals surface area contributed by atoms with E-state index < -0.39 is 0 Å². The van der Waals surface area contributed by atoms with E-state index in [1.54, 1.807) is 0 Å². The van der Waals surface area contributed by atoms with Gasteiger partial charge in [0.2, 0.25) is 5.91 Å². The van der Waals surface area contributed by atoms with Crippen LogP contribution in [0.1, 0.15) is 25.7 Å². The molecule has 0 unspecified atom stereocenters. The van der Waals surface area contributed by atoms with E-state index in [1.165, 1.54) is 0 Å². The normalized spacial score (nSPS) is 28.5. The average Bonchev–Trinajstić information content (AvgIpc) is 2.15. The zero-order valence-corrected chi connectivity index (χ0v) is 8.59. The molecule has 4 heteroatoms. The smallest absolute Gasteiger partial charge is 0.223 e. The van der Waals surface area contributed by atoms with Gasteiger partial charge in [-0.25, -0.2) is 0 Å². The molecule has 0 radical (unpaired) electrons. The number of hydrogen-bond acceptors (Lipinski definition) is 3.